The zero-order valence-electron chi connectivity index (χ0n) is 17.0. The van der Waals surface area contributed by atoms with Gasteiger partial charge in [0.25, 0.3) is 5.56 Å². The Morgan fingerprint density at radius 2 is 2.03 bits per heavy atom. The number of hydrogen-bond donors (Lipinski definition) is 1. The first kappa shape index (κ1) is 21.1. The van der Waals surface area contributed by atoms with Gasteiger partial charge in [0.2, 0.25) is 5.91 Å². The van der Waals surface area contributed by atoms with E-state index in [0.29, 0.717) is 33.4 Å². The number of nitrogens with zero attached hydrogens (tertiary/aromatic N) is 4. The van der Waals surface area contributed by atoms with Crippen molar-refractivity contribution in [1.29, 1.82) is 0 Å². The van der Waals surface area contributed by atoms with Crippen molar-refractivity contribution < 1.29 is 4.79 Å². The van der Waals surface area contributed by atoms with Crippen LogP contribution < -0.4 is 5.56 Å². The largest absolute Gasteiger partial charge is 0.341 e. The number of benzene rings is 2. The molecule has 7 nitrogen and oxygen atoms in total. The molecule has 4 rings (SSSR count). The fraction of sp³-hybridized carbons (Fsp3) is 0.182. The van der Waals surface area contributed by atoms with Crippen LogP contribution in [-0.2, 0) is 11.3 Å². The second kappa shape index (κ2) is 8.95. The van der Waals surface area contributed by atoms with Gasteiger partial charge in [0, 0.05) is 18.6 Å². The summed E-state index contributed by atoms with van der Waals surface area (Å²) in [6.45, 7) is 2.55. The highest BCUT2D eigenvalue weighted by molar-refractivity contribution is 7.99. The molecule has 0 spiro atoms. The molecule has 2 aromatic heterocycles. The van der Waals surface area contributed by atoms with Gasteiger partial charge in [-0.25, -0.2) is 9.67 Å². The molecule has 2 aromatic carbocycles. The molecule has 0 atom stereocenters. The van der Waals surface area contributed by atoms with Crippen LogP contribution in [0.5, 0.6) is 0 Å². The Morgan fingerprint density at radius 3 is 2.81 bits per heavy atom. The number of carbonyl (C=O) groups excluding carboxylic acids is 1. The van der Waals surface area contributed by atoms with Crippen molar-refractivity contribution in [2.24, 2.45) is 0 Å². The molecule has 0 aliphatic heterocycles. The Hall–Kier alpha value is -3.10. The van der Waals surface area contributed by atoms with Gasteiger partial charge in [0.15, 0.2) is 10.8 Å². The molecule has 0 bridgehead atoms. The fourth-order valence-electron chi connectivity index (χ4n) is 3.13. The number of H-pyrrole nitrogens is 1. The number of halogens is 1. The molecule has 0 saturated carbocycles. The van der Waals surface area contributed by atoms with Crippen LogP contribution in [0.4, 0.5) is 0 Å². The highest BCUT2D eigenvalue weighted by Gasteiger charge is 2.15. The highest BCUT2D eigenvalue weighted by atomic mass is 35.5. The summed E-state index contributed by atoms with van der Waals surface area (Å²) < 4.78 is 1.56. The minimum atomic E-state index is -0.304. The summed E-state index contributed by atoms with van der Waals surface area (Å²) in [5, 5.41) is 5.56. The summed E-state index contributed by atoms with van der Waals surface area (Å²) in [4.78, 5) is 34.0. The van der Waals surface area contributed by atoms with E-state index in [2.05, 4.69) is 15.1 Å². The number of aryl methyl sites for hydroxylation is 1. The lowest BCUT2D eigenvalue weighted by atomic mass is 10.1. The maximum atomic E-state index is 12.6. The Labute approximate surface area is 188 Å². The zero-order valence-corrected chi connectivity index (χ0v) is 18.6. The van der Waals surface area contributed by atoms with E-state index in [9.17, 15) is 9.59 Å². The van der Waals surface area contributed by atoms with Gasteiger partial charge in [-0.15, -0.1) is 0 Å². The number of aromatic amines is 1. The second-order valence-electron chi connectivity index (χ2n) is 7.11. The third-order valence-electron chi connectivity index (χ3n) is 4.90. The summed E-state index contributed by atoms with van der Waals surface area (Å²) in [6, 6.07) is 15.1. The standard InChI is InChI=1S/C22H20ClN5O2S/c1-14-6-3-4-7-15(14)12-27(2)19(29)13-31-22-25-20-18(21(30)26-22)11-24-28(20)17-9-5-8-16(23)10-17/h3-11H,12-13H2,1-2H3,(H,25,26,30). The van der Waals surface area contributed by atoms with Gasteiger partial charge in [-0.1, -0.05) is 53.7 Å². The SMILES string of the molecule is Cc1ccccc1CN(C)C(=O)CSc1nc2c(cnn2-c2cccc(Cl)c2)c(=O)[nH]1. The zero-order chi connectivity index (χ0) is 22.0. The number of rotatable bonds is 6. The molecule has 0 aliphatic carbocycles. The van der Waals surface area contributed by atoms with Gasteiger partial charge in [-0.05, 0) is 36.2 Å². The van der Waals surface area contributed by atoms with Crippen LogP contribution in [0.2, 0.25) is 5.02 Å². The van der Waals surface area contributed by atoms with Crippen LogP contribution in [0.25, 0.3) is 16.7 Å². The molecule has 158 valence electrons. The van der Waals surface area contributed by atoms with Crippen molar-refractivity contribution in [3.05, 3.63) is 81.2 Å². The predicted octanol–water partition coefficient (Wildman–Crippen LogP) is 3.82. The lowest BCUT2D eigenvalue weighted by molar-refractivity contribution is -0.127. The van der Waals surface area contributed by atoms with Crippen molar-refractivity contribution in [2.75, 3.05) is 12.8 Å². The van der Waals surface area contributed by atoms with Crippen LogP contribution in [0.15, 0.2) is 64.7 Å². The third-order valence-corrected chi connectivity index (χ3v) is 5.99. The minimum absolute atomic E-state index is 0.0562. The topological polar surface area (TPSA) is 83.9 Å². The maximum Gasteiger partial charge on any atom is 0.262 e. The van der Waals surface area contributed by atoms with E-state index in [-0.39, 0.29) is 17.2 Å². The number of hydrogen-bond acceptors (Lipinski definition) is 5. The normalized spacial score (nSPS) is 11.1. The van der Waals surface area contributed by atoms with E-state index in [0.717, 1.165) is 11.1 Å². The van der Waals surface area contributed by atoms with Crippen molar-refractivity contribution in [1.82, 2.24) is 24.6 Å². The first-order chi connectivity index (χ1) is 14.9. The van der Waals surface area contributed by atoms with Crippen LogP contribution in [0, 0.1) is 6.92 Å². The average molecular weight is 454 g/mol. The van der Waals surface area contributed by atoms with Crippen LogP contribution >= 0.6 is 23.4 Å². The molecule has 2 heterocycles. The Kier molecular flexibility index (Phi) is 6.11. The summed E-state index contributed by atoms with van der Waals surface area (Å²) in [5.41, 5.74) is 3.04. The van der Waals surface area contributed by atoms with Gasteiger partial charge in [0.05, 0.1) is 17.6 Å². The van der Waals surface area contributed by atoms with Crippen molar-refractivity contribution in [3.63, 3.8) is 0 Å². The molecule has 31 heavy (non-hydrogen) atoms. The lowest BCUT2D eigenvalue weighted by Gasteiger charge is -2.18. The van der Waals surface area contributed by atoms with Gasteiger partial charge < -0.3 is 9.88 Å². The molecule has 4 aromatic rings. The average Bonchev–Trinajstić information content (AvgIpc) is 3.18. The molecular weight excluding hydrogens is 434 g/mol. The van der Waals surface area contributed by atoms with E-state index >= 15 is 0 Å². The predicted molar refractivity (Wildman–Crippen MR) is 123 cm³/mol. The van der Waals surface area contributed by atoms with Crippen molar-refractivity contribution in [2.45, 2.75) is 18.6 Å². The summed E-state index contributed by atoms with van der Waals surface area (Å²) in [7, 11) is 1.77. The molecule has 0 fully saturated rings. The Morgan fingerprint density at radius 1 is 1.23 bits per heavy atom. The quantitative estimate of drug-likeness (QED) is 0.354. The van der Waals surface area contributed by atoms with Gasteiger partial charge in [-0.2, -0.15) is 5.10 Å². The smallest absolute Gasteiger partial charge is 0.262 e. The number of nitrogens with one attached hydrogen (secondary N) is 1. The molecule has 0 aliphatic rings. The van der Waals surface area contributed by atoms with E-state index in [1.165, 1.54) is 18.0 Å². The van der Waals surface area contributed by atoms with Gasteiger partial charge >= 0.3 is 0 Å². The summed E-state index contributed by atoms with van der Waals surface area (Å²) in [5.74, 6) is 0.0987. The lowest BCUT2D eigenvalue weighted by Crippen LogP contribution is -2.28. The molecular formula is C22H20ClN5O2S. The third kappa shape index (κ3) is 4.65. The second-order valence-corrected chi connectivity index (χ2v) is 8.51. The molecule has 1 amide bonds. The van der Waals surface area contributed by atoms with Crippen LogP contribution in [0.3, 0.4) is 0 Å². The van der Waals surface area contributed by atoms with Gasteiger partial charge in [0.1, 0.15) is 5.39 Å². The van der Waals surface area contributed by atoms with Crippen LogP contribution in [-0.4, -0.2) is 43.4 Å². The van der Waals surface area contributed by atoms with Crippen LogP contribution in [0.1, 0.15) is 11.1 Å². The first-order valence-corrected chi connectivity index (χ1v) is 10.9. The molecule has 9 heteroatoms. The molecule has 0 unspecified atom stereocenters. The highest BCUT2D eigenvalue weighted by Crippen LogP contribution is 2.20. The van der Waals surface area contributed by atoms with E-state index in [4.69, 9.17) is 11.6 Å². The minimum Gasteiger partial charge on any atom is -0.341 e. The van der Waals surface area contributed by atoms with E-state index < -0.39 is 0 Å². The number of carbonyl (C=O) groups is 1. The van der Waals surface area contributed by atoms with Gasteiger partial charge in [-0.3, -0.25) is 9.59 Å². The number of fused-ring (bicyclic) bond motifs is 1. The van der Waals surface area contributed by atoms with Crippen molar-refractivity contribution >= 4 is 40.3 Å². The van der Waals surface area contributed by atoms with E-state index in [1.54, 1.807) is 34.8 Å². The number of thioether (sulfide) groups is 1. The molecule has 0 saturated heterocycles. The van der Waals surface area contributed by atoms with Crippen molar-refractivity contribution in [3.8, 4) is 5.69 Å². The Balaban J connectivity index is 1.52. The molecule has 0 radical (unpaired) electrons. The summed E-state index contributed by atoms with van der Waals surface area (Å²) in [6.07, 6.45) is 1.47. The number of aromatic nitrogens is 4. The molecule has 1 N–H and O–H groups in total. The maximum absolute atomic E-state index is 12.6. The first-order valence-electron chi connectivity index (χ1n) is 9.57. The summed E-state index contributed by atoms with van der Waals surface area (Å²) >= 11 is 7.27. The fourth-order valence-corrected chi connectivity index (χ4v) is 4.12. The van der Waals surface area contributed by atoms with E-state index in [1.807, 2.05) is 37.3 Å². The number of amides is 1. The Bertz CT molecular complexity index is 1320. The monoisotopic (exact) mass is 453 g/mol.